The molecule has 124 valence electrons. The molecule has 0 aliphatic heterocycles. The summed E-state index contributed by atoms with van der Waals surface area (Å²) in [5, 5.41) is 2.81. The predicted octanol–water partition coefficient (Wildman–Crippen LogP) is 0.120. The van der Waals surface area contributed by atoms with Gasteiger partial charge in [0.2, 0.25) is 11.8 Å². The number of aromatic nitrogens is 2. The molecule has 0 fully saturated rings. The minimum absolute atomic E-state index is 0.0656. The second-order valence-corrected chi connectivity index (χ2v) is 5.73. The topological polar surface area (TPSA) is 118 Å². The number of nitrogens with one attached hydrogen (secondary N) is 2. The molecule has 0 bridgehead atoms. The summed E-state index contributed by atoms with van der Waals surface area (Å²) in [5.41, 5.74) is 5.99. The Bertz CT molecular complexity index is 693. The Kier molecular flexibility index (Phi) is 5.31. The van der Waals surface area contributed by atoms with E-state index in [0.717, 1.165) is 0 Å². The van der Waals surface area contributed by atoms with Crippen molar-refractivity contribution in [1.82, 2.24) is 15.3 Å². The van der Waals surface area contributed by atoms with Crippen molar-refractivity contribution in [3.8, 4) is 0 Å². The zero-order chi connectivity index (χ0) is 17.0. The van der Waals surface area contributed by atoms with E-state index in [1.165, 1.54) is 0 Å². The van der Waals surface area contributed by atoms with Gasteiger partial charge in [0.25, 0.3) is 5.56 Å². The number of H-pyrrole nitrogens is 1. The maximum atomic E-state index is 12.2. The first-order chi connectivity index (χ1) is 10.9. The number of aromatic amines is 1. The maximum Gasteiger partial charge on any atom is 0.254 e. The van der Waals surface area contributed by atoms with Gasteiger partial charge in [-0.25, -0.2) is 4.98 Å². The van der Waals surface area contributed by atoms with Crippen LogP contribution in [0.1, 0.15) is 36.8 Å². The fourth-order valence-electron chi connectivity index (χ4n) is 2.75. The SMILES string of the molecule is CCc1nc(C)c(CC(=O)N[C@@H]2CC=CC[C@H]2C(N)=O)c(=O)[nH]1. The molecule has 0 unspecified atom stereocenters. The molecule has 7 heteroatoms. The maximum absolute atomic E-state index is 12.2. The lowest BCUT2D eigenvalue weighted by Crippen LogP contribution is -2.47. The van der Waals surface area contributed by atoms with Gasteiger partial charge in [-0.15, -0.1) is 0 Å². The molecule has 1 aliphatic carbocycles. The molecule has 1 aromatic heterocycles. The quantitative estimate of drug-likeness (QED) is 0.668. The summed E-state index contributed by atoms with van der Waals surface area (Å²) >= 11 is 0. The second kappa shape index (κ2) is 7.21. The van der Waals surface area contributed by atoms with Crippen LogP contribution in [0.4, 0.5) is 0 Å². The fourth-order valence-corrected chi connectivity index (χ4v) is 2.75. The molecule has 4 N–H and O–H groups in total. The van der Waals surface area contributed by atoms with Gasteiger partial charge in [0.15, 0.2) is 0 Å². The molecule has 0 aromatic carbocycles. The fraction of sp³-hybridized carbons (Fsp3) is 0.500. The van der Waals surface area contributed by atoms with E-state index < -0.39 is 11.8 Å². The summed E-state index contributed by atoms with van der Waals surface area (Å²) in [7, 11) is 0. The van der Waals surface area contributed by atoms with E-state index in [4.69, 9.17) is 5.73 Å². The van der Waals surface area contributed by atoms with Crippen molar-refractivity contribution in [1.29, 1.82) is 0 Å². The first-order valence-corrected chi connectivity index (χ1v) is 7.74. The van der Waals surface area contributed by atoms with Crippen LogP contribution in [0.5, 0.6) is 0 Å². The third kappa shape index (κ3) is 4.06. The van der Waals surface area contributed by atoms with Gasteiger partial charge < -0.3 is 16.0 Å². The third-order valence-corrected chi connectivity index (χ3v) is 4.09. The molecule has 0 spiro atoms. The summed E-state index contributed by atoms with van der Waals surface area (Å²) in [4.78, 5) is 42.7. The third-order valence-electron chi connectivity index (χ3n) is 4.09. The molecule has 2 atom stereocenters. The normalized spacial score (nSPS) is 20.3. The van der Waals surface area contributed by atoms with Gasteiger partial charge in [0, 0.05) is 23.7 Å². The Morgan fingerprint density at radius 2 is 2.09 bits per heavy atom. The van der Waals surface area contributed by atoms with Crippen LogP contribution in [-0.4, -0.2) is 27.8 Å². The zero-order valence-corrected chi connectivity index (χ0v) is 13.4. The highest BCUT2D eigenvalue weighted by molar-refractivity contribution is 5.82. The van der Waals surface area contributed by atoms with Gasteiger partial charge in [-0.1, -0.05) is 19.1 Å². The van der Waals surface area contributed by atoms with Gasteiger partial charge in [-0.3, -0.25) is 14.4 Å². The van der Waals surface area contributed by atoms with Crippen LogP contribution < -0.4 is 16.6 Å². The van der Waals surface area contributed by atoms with Crippen molar-refractivity contribution < 1.29 is 9.59 Å². The first-order valence-electron chi connectivity index (χ1n) is 7.74. The lowest BCUT2D eigenvalue weighted by Gasteiger charge is -2.26. The van der Waals surface area contributed by atoms with Gasteiger partial charge in [0.1, 0.15) is 5.82 Å². The molecule has 1 heterocycles. The van der Waals surface area contributed by atoms with Crippen molar-refractivity contribution in [2.24, 2.45) is 11.7 Å². The molecule has 0 radical (unpaired) electrons. The Morgan fingerprint density at radius 1 is 1.39 bits per heavy atom. The molecule has 0 saturated carbocycles. The predicted molar refractivity (Wildman–Crippen MR) is 85.7 cm³/mol. The highest BCUT2D eigenvalue weighted by Crippen LogP contribution is 2.18. The lowest BCUT2D eigenvalue weighted by molar-refractivity contribution is -0.124. The van der Waals surface area contributed by atoms with E-state index in [9.17, 15) is 14.4 Å². The number of primary amides is 1. The average molecular weight is 318 g/mol. The molecule has 0 saturated heterocycles. The van der Waals surface area contributed by atoms with Crippen LogP contribution in [0.2, 0.25) is 0 Å². The molecule has 2 rings (SSSR count). The van der Waals surface area contributed by atoms with Crippen LogP contribution in [0.3, 0.4) is 0 Å². The molecule has 1 aromatic rings. The van der Waals surface area contributed by atoms with Crippen LogP contribution in [0.25, 0.3) is 0 Å². The van der Waals surface area contributed by atoms with Crippen molar-refractivity contribution in [2.45, 2.75) is 45.6 Å². The molecular formula is C16H22N4O3. The van der Waals surface area contributed by atoms with E-state index in [1.54, 1.807) is 6.92 Å². The van der Waals surface area contributed by atoms with Crippen molar-refractivity contribution >= 4 is 11.8 Å². The largest absolute Gasteiger partial charge is 0.369 e. The van der Waals surface area contributed by atoms with Gasteiger partial charge >= 0.3 is 0 Å². The van der Waals surface area contributed by atoms with Crippen LogP contribution in [0, 0.1) is 12.8 Å². The Morgan fingerprint density at radius 3 is 2.70 bits per heavy atom. The number of carbonyl (C=O) groups is 2. The summed E-state index contributed by atoms with van der Waals surface area (Å²) < 4.78 is 0. The minimum atomic E-state index is -0.428. The van der Waals surface area contributed by atoms with E-state index in [1.807, 2.05) is 19.1 Å². The molecule has 7 nitrogen and oxygen atoms in total. The van der Waals surface area contributed by atoms with Crippen molar-refractivity contribution in [3.05, 3.63) is 39.6 Å². The summed E-state index contributed by atoms with van der Waals surface area (Å²) in [6.07, 6.45) is 5.44. The summed E-state index contributed by atoms with van der Waals surface area (Å²) in [5.74, 6) is -0.550. The summed E-state index contributed by atoms with van der Waals surface area (Å²) in [6.45, 7) is 3.61. The standard InChI is InChI=1S/C16H22N4O3/c1-3-13-18-9(2)11(16(23)20-13)8-14(21)19-12-7-5-4-6-10(12)15(17)22/h4-5,10,12H,3,6-8H2,1-2H3,(H2,17,22)(H,19,21)(H,18,20,23)/t10-,12-/m1/s1. The Hall–Kier alpha value is -2.44. The Balaban J connectivity index is 2.09. The van der Waals surface area contributed by atoms with Gasteiger partial charge in [0.05, 0.1) is 12.3 Å². The summed E-state index contributed by atoms with van der Waals surface area (Å²) in [6, 6.07) is -0.327. The number of rotatable bonds is 5. The number of hydrogen-bond donors (Lipinski definition) is 3. The number of aryl methyl sites for hydroxylation is 2. The minimum Gasteiger partial charge on any atom is -0.369 e. The van der Waals surface area contributed by atoms with E-state index in [0.29, 0.717) is 36.3 Å². The second-order valence-electron chi connectivity index (χ2n) is 5.73. The number of allylic oxidation sites excluding steroid dienone is 1. The number of amides is 2. The highest BCUT2D eigenvalue weighted by Gasteiger charge is 2.28. The van der Waals surface area contributed by atoms with Crippen molar-refractivity contribution in [2.75, 3.05) is 0 Å². The molecule has 23 heavy (non-hydrogen) atoms. The molecular weight excluding hydrogens is 296 g/mol. The van der Waals surface area contributed by atoms with Crippen LogP contribution in [-0.2, 0) is 22.4 Å². The lowest BCUT2D eigenvalue weighted by atomic mass is 9.88. The first kappa shape index (κ1) is 16.9. The van der Waals surface area contributed by atoms with Crippen LogP contribution >= 0.6 is 0 Å². The Labute approximate surface area is 134 Å². The monoisotopic (exact) mass is 318 g/mol. The van der Waals surface area contributed by atoms with Gasteiger partial charge in [-0.2, -0.15) is 0 Å². The van der Waals surface area contributed by atoms with Gasteiger partial charge in [-0.05, 0) is 19.8 Å². The van der Waals surface area contributed by atoms with Crippen molar-refractivity contribution in [3.63, 3.8) is 0 Å². The average Bonchev–Trinajstić information content (AvgIpc) is 2.51. The zero-order valence-electron chi connectivity index (χ0n) is 13.4. The van der Waals surface area contributed by atoms with E-state index >= 15 is 0 Å². The molecule has 1 aliphatic rings. The smallest absolute Gasteiger partial charge is 0.254 e. The molecule has 2 amide bonds. The highest BCUT2D eigenvalue weighted by atomic mass is 16.2. The van der Waals surface area contributed by atoms with E-state index in [2.05, 4.69) is 15.3 Å². The van der Waals surface area contributed by atoms with Crippen LogP contribution in [0.15, 0.2) is 16.9 Å². The number of nitrogens with zero attached hydrogens (tertiary/aromatic N) is 1. The number of hydrogen-bond acceptors (Lipinski definition) is 4. The number of nitrogens with two attached hydrogens (primary N) is 1. The van der Waals surface area contributed by atoms with E-state index in [-0.39, 0.29) is 23.9 Å². The number of carbonyl (C=O) groups excluding carboxylic acids is 2.